The van der Waals surface area contributed by atoms with Gasteiger partial charge in [-0.05, 0) is 31.5 Å². The minimum Gasteiger partial charge on any atom is -0.497 e. The molecule has 0 aromatic heterocycles. The maximum absolute atomic E-state index is 6.21. The maximum Gasteiger partial charge on any atom is 0.163 e. The summed E-state index contributed by atoms with van der Waals surface area (Å²) in [6.07, 6.45) is -0.626. The molecule has 7 heteroatoms. The first-order valence-corrected chi connectivity index (χ1v) is 9.90. The Kier molecular flexibility index (Phi) is 6.56. The Labute approximate surface area is 162 Å². The second-order valence-corrected chi connectivity index (χ2v) is 7.48. The van der Waals surface area contributed by atoms with Crippen LogP contribution in [0, 0.1) is 0 Å². The Bertz CT molecular complexity index is 549. The van der Waals surface area contributed by atoms with Gasteiger partial charge in [0.1, 0.15) is 30.9 Å². The molecule has 1 aromatic carbocycles. The van der Waals surface area contributed by atoms with Crippen molar-refractivity contribution in [3.63, 3.8) is 0 Å². The first-order valence-electron chi connectivity index (χ1n) is 8.38. The highest BCUT2D eigenvalue weighted by molar-refractivity contribution is 14.1. The second kappa shape index (κ2) is 8.49. The van der Waals surface area contributed by atoms with Gasteiger partial charge < -0.3 is 28.4 Å². The van der Waals surface area contributed by atoms with Crippen molar-refractivity contribution in [2.75, 3.05) is 24.9 Å². The molecule has 0 radical (unpaired) electrons. The third kappa shape index (κ3) is 4.84. The van der Waals surface area contributed by atoms with Gasteiger partial charge in [-0.25, -0.2) is 0 Å². The SMILES string of the molecule is COc1ccc(CO[C@H]2[C@@H]([C@H]3COC(C)(C)O3)OCO[C@H]2CI)cc1. The zero-order valence-corrected chi connectivity index (χ0v) is 16.9. The van der Waals surface area contributed by atoms with E-state index in [4.69, 9.17) is 28.4 Å². The predicted octanol–water partition coefficient (Wildman–Crippen LogP) is 2.91. The Morgan fingerprint density at radius 3 is 2.56 bits per heavy atom. The summed E-state index contributed by atoms with van der Waals surface area (Å²) in [4.78, 5) is 0. The molecule has 6 nitrogen and oxygen atoms in total. The van der Waals surface area contributed by atoms with Crippen molar-refractivity contribution in [1.29, 1.82) is 0 Å². The molecular weight excluding hydrogens is 439 g/mol. The average Bonchev–Trinajstić information content (AvgIpc) is 2.99. The van der Waals surface area contributed by atoms with E-state index in [1.54, 1.807) is 7.11 Å². The van der Waals surface area contributed by atoms with Crippen molar-refractivity contribution in [2.24, 2.45) is 0 Å². The molecular formula is C18H25IO6. The number of hydrogen-bond acceptors (Lipinski definition) is 6. The van der Waals surface area contributed by atoms with Crippen LogP contribution in [0.15, 0.2) is 24.3 Å². The average molecular weight is 464 g/mol. The van der Waals surface area contributed by atoms with E-state index in [9.17, 15) is 0 Å². The molecule has 25 heavy (non-hydrogen) atoms. The Balaban J connectivity index is 1.67. The van der Waals surface area contributed by atoms with Crippen LogP contribution in [-0.2, 0) is 30.3 Å². The number of hydrogen-bond donors (Lipinski definition) is 0. The molecule has 140 valence electrons. The molecule has 2 aliphatic rings. The number of rotatable bonds is 6. The second-order valence-electron chi connectivity index (χ2n) is 6.60. The van der Waals surface area contributed by atoms with E-state index in [0.717, 1.165) is 15.7 Å². The standard InChI is InChI=1S/C18H25IO6/c1-18(2)24-10-15(25-18)17-16(14(8-19)22-11-23-17)21-9-12-4-6-13(20-3)7-5-12/h4-7,14-17H,8-11H2,1-3H3/t14-,15+,16+,17+/m0/s1. The van der Waals surface area contributed by atoms with Crippen LogP contribution in [0.4, 0.5) is 0 Å². The Morgan fingerprint density at radius 2 is 1.96 bits per heavy atom. The summed E-state index contributed by atoms with van der Waals surface area (Å²) < 4.78 is 35.5. The molecule has 0 saturated carbocycles. The van der Waals surface area contributed by atoms with Gasteiger partial charge in [-0.1, -0.05) is 34.7 Å². The molecule has 0 amide bonds. The van der Waals surface area contributed by atoms with Crippen molar-refractivity contribution < 1.29 is 28.4 Å². The topological polar surface area (TPSA) is 55.4 Å². The molecule has 0 N–H and O–H groups in total. The largest absolute Gasteiger partial charge is 0.497 e. The summed E-state index contributed by atoms with van der Waals surface area (Å²) in [6.45, 7) is 5.04. The summed E-state index contributed by atoms with van der Waals surface area (Å²) in [5.41, 5.74) is 1.07. The third-order valence-electron chi connectivity index (χ3n) is 4.38. The van der Waals surface area contributed by atoms with E-state index < -0.39 is 5.79 Å². The van der Waals surface area contributed by atoms with Crippen LogP contribution in [-0.4, -0.2) is 55.1 Å². The Morgan fingerprint density at radius 1 is 1.20 bits per heavy atom. The van der Waals surface area contributed by atoms with Gasteiger partial charge in [-0.15, -0.1) is 0 Å². The minimum absolute atomic E-state index is 0.0371. The molecule has 2 aliphatic heterocycles. The zero-order valence-electron chi connectivity index (χ0n) is 14.8. The zero-order chi connectivity index (χ0) is 17.9. The number of ether oxygens (including phenoxy) is 6. The lowest BCUT2D eigenvalue weighted by Gasteiger charge is -2.39. The first-order chi connectivity index (χ1) is 12.0. The smallest absolute Gasteiger partial charge is 0.163 e. The molecule has 0 aliphatic carbocycles. The lowest BCUT2D eigenvalue weighted by atomic mass is 10.0. The van der Waals surface area contributed by atoms with Gasteiger partial charge in [-0.3, -0.25) is 0 Å². The molecule has 0 unspecified atom stereocenters. The van der Waals surface area contributed by atoms with Crippen LogP contribution in [0.2, 0.25) is 0 Å². The number of benzene rings is 1. The van der Waals surface area contributed by atoms with E-state index in [0.29, 0.717) is 13.2 Å². The van der Waals surface area contributed by atoms with Gasteiger partial charge in [0, 0.05) is 4.43 Å². The summed E-state index contributed by atoms with van der Waals surface area (Å²) in [5.74, 6) is 0.238. The summed E-state index contributed by atoms with van der Waals surface area (Å²) in [7, 11) is 1.66. The van der Waals surface area contributed by atoms with Crippen LogP contribution in [0.5, 0.6) is 5.75 Å². The van der Waals surface area contributed by atoms with E-state index >= 15 is 0 Å². The van der Waals surface area contributed by atoms with Crippen molar-refractivity contribution in [2.45, 2.75) is 50.7 Å². The number of halogens is 1. The van der Waals surface area contributed by atoms with Crippen LogP contribution in [0.25, 0.3) is 0 Å². The Hall–Kier alpha value is -0.450. The molecule has 3 rings (SSSR count). The van der Waals surface area contributed by atoms with Gasteiger partial charge in [0.15, 0.2) is 5.79 Å². The van der Waals surface area contributed by atoms with Crippen molar-refractivity contribution in [3.05, 3.63) is 29.8 Å². The molecule has 2 heterocycles. The summed E-state index contributed by atoms with van der Waals surface area (Å²) >= 11 is 2.32. The molecule has 4 atom stereocenters. The third-order valence-corrected chi connectivity index (χ3v) is 5.25. The number of alkyl halides is 1. The monoisotopic (exact) mass is 464 g/mol. The van der Waals surface area contributed by atoms with E-state index in [-0.39, 0.29) is 31.2 Å². The fraction of sp³-hybridized carbons (Fsp3) is 0.667. The highest BCUT2D eigenvalue weighted by Crippen LogP contribution is 2.31. The van der Waals surface area contributed by atoms with Crippen molar-refractivity contribution in [3.8, 4) is 5.75 Å². The van der Waals surface area contributed by atoms with Crippen LogP contribution in [0.3, 0.4) is 0 Å². The fourth-order valence-corrected chi connectivity index (χ4v) is 3.81. The molecule has 0 spiro atoms. The highest BCUT2D eigenvalue weighted by Gasteiger charge is 2.46. The van der Waals surface area contributed by atoms with Crippen LogP contribution < -0.4 is 4.74 Å². The van der Waals surface area contributed by atoms with Gasteiger partial charge >= 0.3 is 0 Å². The molecule has 2 saturated heterocycles. The van der Waals surface area contributed by atoms with Crippen molar-refractivity contribution >= 4 is 22.6 Å². The quantitative estimate of drug-likeness (QED) is 0.477. The minimum atomic E-state index is -0.591. The van der Waals surface area contributed by atoms with E-state index in [1.807, 2.05) is 38.1 Å². The fourth-order valence-electron chi connectivity index (χ4n) is 3.05. The van der Waals surface area contributed by atoms with E-state index in [1.165, 1.54) is 0 Å². The molecule has 1 aromatic rings. The van der Waals surface area contributed by atoms with Gasteiger partial charge in [0.2, 0.25) is 0 Å². The lowest BCUT2D eigenvalue weighted by Crippen LogP contribution is -2.54. The molecule has 2 fully saturated rings. The van der Waals surface area contributed by atoms with E-state index in [2.05, 4.69) is 22.6 Å². The molecule has 0 bridgehead atoms. The normalized spacial score (nSPS) is 31.8. The number of methoxy groups -OCH3 is 1. The van der Waals surface area contributed by atoms with Gasteiger partial charge in [-0.2, -0.15) is 0 Å². The van der Waals surface area contributed by atoms with Crippen molar-refractivity contribution in [1.82, 2.24) is 0 Å². The van der Waals surface area contributed by atoms with Gasteiger partial charge in [0.05, 0.1) is 26.4 Å². The van der Waals surface area contributed by atoms with Crippen LogP contribution in [0.1, 0.15) is 19.4 Å². The first kappa shape index (κ1) is 19.3. The van der Waals surface area contributed by atoms with Gasteiger partial charge in [0.25, 0.3) is 0 Å². The van der Waals surface area contributed by atoms with Crippen LogP contribution >= 0.6 is 22.6 Å². The summed E-state index contributed by atoms with van der Waals surface area (Å²) in [5, 5.41) is 0. The lowest BCUT2D eigenvalue weighted by molar-refractivity contribution is -0.266. The summed E-state index contributed by atoms with van der Waals surface area (Å²) in [6, 6.07) is 7.85. The predicted molar refractivity (Wildman–Crippen MR) is 100.0 cm³/mol. The maximum atomic E-state index is 6.21. The highest BCUT2D eigenvalue weighted by atomic mass is 127.